The monoisotopic (exact) mass is 442 g/mol. The third kappa shape index (κ3) is 4.43. The Morgan fingerprint density at radius 1 is 1.14 bits per heavy atom. The molecule has 28 heavy (non-hydrogen) atoms. The summed E-state index contributed by atoms with van der Waals surface area (Å²) >= 11 is 12.0. The fourth-order valence-corrected chi connectivity index (χ4v) is 5.05. The summed E-state index contributed by atoms with van der Waals surface area (Å²) in [6.07, 6.45) is 1.65. The molecule has 1 amide bonds. The Balaban J connectivity index is 1.94. The van der Waals surface area contributed by atoms with E-state index in [-0.39, 0.29) is 21.2 Å². The van der Waals surface area contributed by atoms with Gasteiger partial charge in [-0.2, -0.15) is 4.31 Å². The zero-order chi connectivity index (χ0) is 20.3. The van der Waals surface area contributed by atoms with Crippen LogP contribution in [0.1, 0.15) is 30.1 Å². The first-order valence-corrected chi connectivity index (χ1v) is 11.1. The molecule has 0 unspecified atom stereocenters. The lowest BCUT2D eigenvalue weighted by atomic mass is 10.2. The maximum atomic E-state index is 13.0. The van der Waals surface area contributed by atoms with Gasteiger partial charge in [0.2, 0.25) is 10.0 Å². The molecule has 3 rings (SSSR count). The van der Waals surface area contributed by atoms with Gasteiger partial charge in [-0.25, -0.2) is 8.42 Å². The maximum Gasteiger partial charge on any atom is 0.257 e. The standard InChI is InChI=1S/C19H20Cl2N2O4S/c1-2-27-17-8-6-14(12-18(17)28(25,26)23-9-3-4-10-23)22-19(24)15-11-13(20)5-7-16(15)21/h5-8,11-12H,2-4,9-10H2,1H3,(H,22,24). The average molecular weight is 443 g/mol. The number of nitrogens with one attached hydrogen (secondary N) is 1. The first-order valence-electron chi connectivity index (χ1n) is 8.86. The fourth-order valence-electron chi connectivity index (χ4n) is 3.00. The van der Waals surface area contributed by atoms with Gasteiger partial charge in [0.15, 0.2) is 0 Å². The lowest BCUT2D eigenvalue weighted by molar-refractivity contribution is 0.102. The van der Waals surface area contributed by atoms with Gasteiger partial charge in [0.25, 0.3) is 5.91 Å². The van der Waals surface area contributed by atoms with Gasteiger partial charge in [0.1, 0.15) is 10.6 Å². The zero-order valence-electron chi connectivity index (χ0n) is 15.2. The van der Waals surface area contributed by atoms with Crippen LogP contribution in [-0.2, 0) is 10.0 Å². The van der Waals surface area contributed by atoms with E-state index < -0.39 is 15.9 Å². The summed E-state index contributed by atoms with van der Waals surface area (Å²) in [7, 11) is -3.72. The third-order valence-electron chi connectivity index (χ3n) is 4.36. The van der Waals surface area contributed by atoms with E-state index in [0.29, 0.717) is 30.4 Å². The van der Waals surface area contributed by atoms with Crippen LogP contribution in [0.5, 0.6) is 5.75 Å². The van der Waals surface area contributed by atoms with Crippen molar-refractivity contribution in [3.8, 4) is 5.75 Å². The van der Waals surface area contributed by atoms with Gasteiger partial charge in [0, 0.05) is 23.8 Å². The molecule has 0 atom stereocenters. The number of carbonyl (C=O) groups excluding carboxylic acids is 1. The number of hydrogen-bond acceptors (Lipinski definition) is 4. The Labute approximate surface area is 174 Å². The second kappa shape index (κ2) is 8.69. The lowest BCUT2D eigenvalue weighted by Gasteiger charge is -2.19. The second-order valence-electron chi connectivity index (χ2n) is 6.28. The molecule has 2 aromatic rings. The summed E-state index contributed by atoms with van der Waals surface area (Å²) in [5.74, 6) is -0.227. The van der Waals surface area contributed by atoms with Crippen molar-refractivity contribution in [3.63, 3.8) is 0 Å². The molecule has 0 aliphatic carbocycles. The number of nitrogens with zero attached hydrogens (tertiary/aromatic N) is 1. The average Bonchev–Trinajstić information content (AvgIpc) is 3.20. The molecule has 2 aromatic carbocycles. The highest BCUT2D eigenvalue weighted by atomic mass is 35.5. The molecule has 1 aliphatic heterocycles. The third-order valence-corrected chi connectivity index (χ3v) is 6.84. The molecule has 0 aromatic heterocycles. The summed E-state index contributed by atoms with van der Waals surface area (Å²) in [6.45, 7) is 3.06. The molecule has 1 aliphatic rings. The molecular formula is C19H20Cl2N2O4S. The van der Waals surface area contributed by atoms with Gasteiger partial charge in [-0.1, -0.05) is 23.2 Å². The van der Waals surface area contributed by atoms with Crippen molar-refractivity contribution in [2.75, 3.05) is 25.0 Å². The molecule has 6 nitrogen and oxygen atoms in total. The molecule has 0 radical (unpaired) electrons. The van der Waals surface area contributed by atoms with Gasteiger partial charge in [0.05, 0.1) is 17.2 Å². The van der Waals surface area contributed by atoms with E-state index in [2.05, 4.69) is 5.32 Å². The van der Waals surface area contributed by atoms with Crippen molar-refractivity contribution in [1.82, 2.24) is 4.31 Å². The van der Waals surface area contributed by atoms with Gasteiger partial charge in [-0.15, -0.1) is 0 Å². The van der Waals surface area contributed by atoms with Crippen LogP contribution in [0.25, 0.3) is 0 Å². The summed E-state index contributed by atoms with van der Waals surface area (Å²) in [6, 6.07) is 9.11. The quantitative estimate of drug-likeness (QED) is 0.717. The summed E-state index contributed by atoms with van der Waals surface area (Å²) in [4.78, 5) is 12.6. The number of benzene rings is 2. The minimum atomic E-state index is -3.72. The number of ether oxygens (including phenoxy) is 1. The van der Waals surface area contributed by atoms with Crippen LogP contribution in [0.2, 0.25) is 10.0 Å². The molecule has 1 fully saturated rings. The Kier molecular flexibility index (Phi) is 6.50. The predicted molar refractivity (Wildman–Crippen MR) is 110 cm³/mol. The molecule has 1 N–H and O–H groups in total. The smallest absolute Gasteiger partial charge is 0.257 e. The normalized spacial score (nSPS) is 14.8. The molecule has 0 spiro atoms. The van der Waals surface area contributed by atoms with Crippen molar-refractivity contribution in [1.29, 1.82) is 0 Å². The number of hydrogen-bond donors (Lipinski definition) is 1. The van der Waals surface area contributed by atoms with Crippen molar-refractivity contribution in [3.05, 3.63) is 52.0 Å². The number of sulfonamides is 1. The van der Waals surface area contributed by atoms with Crippen molar-refractivity contribution in [2.45, 2.75) is 24.7 Å². The summed E-state index contributed by atoms with van der Waals surface area (Å²) in [5, 5.41) is 3.30. The lowest BCUT2D eigenvalue weighted by Crippen LogP contribution is -2.28. The molecule has 9 heteroatoms. The van der Waals surface area contributed by atoms with Crippen LogP contribution in [0.4, 0.5) is 5.69 Å². The van der Waals surface area contributed by atoms with E-state index in [0.717, 1.165) is 12.8 Å². The highest BCUT2D eigenvalue weighted by Gasteiger charge is 2.30. The number of amides is 1. The molecule has 1 heterocycles. The number of halogens is 2. The fraction of sp³-hybridized carbons (Fsp3) is 0.316. The van der Waals surface area contributed by atoms with Crippen molar-refractivity contribution < 1.29 is 17.9 Å². The zero-order valence-corrected chi connectivity index (χ0v) is 17.6. The minimum absolute atomic E-state index is 0.0336. The first-order chi connectivity index (χ1) is 13.3. The Morgan fingerprint density at radius 3 is 2.54 bits per heavy atom. The van der Waals surface area contributed by atoms with Crippen LogP contribution in [0, 0.1) is 0 Å². The summed E-state index contributed by atoms with van der Waals surface area (Å²) in [5.41, 5.74) is 0.522. The Morgan fingerprint density at radius 2 is 1.86 bits per heavy atom. The topological polar surface area (TPSA) is 75.7 Å². The van der Waals surface area contributed by atoms with E-state index in [1.54, 1.807) is 25.1 Å². The molecule has 150 valence electrons. The molecular weight excluding hydrogens is 423 g/mol. The van der Waals surface area contributed by atoms with E-state index in [1.165, 1.54) is 22.5 Å². The van der Waals surface area contributed by atoms with Crippen LogP contribution in [0.3, 0.4) is 0 Å². The molecule has 0 saturated carbocycles. The van der Waals surface area contributed by atoms with Crippen LogP contribution in [-0.4, -0.2) is 38.3 Å². The van der Waals surface area contributed by atoms with E-state index in [4.69, 9.17) is 27.9 Å². The van der Waals surface area contributed by atoms with Gasteiger partial charge in [-0.05, 0) is 56.2 Å². The highest BCUT2D eigenvalue weighted by Crippen LogP contribution is 2.32. The maximum absolute atomic E-state index is 13.0. The largest absolute Gasteiger partial charge is 0.492 e. The predicted octanol–water partition coefficient (Wildman–Crippen LogP) is 4.43. The molecule has 1 saturated heterocycles. The SMILES string of the molecule is CCOc1ccc(NC(=O)c2cc(Cl)ccc2Cl)cc1S(=O)(=O)N1CCCC1. The number of rotatable bonds is 6. The van der Waals surface area contributed by atoms with Crippen LogP contribution >= 0.6 is 23.2 Å². The first kappa shape index (κ1) is 20.9. The molecule has 0 bridgehead atoms. The van der Waals surface area contributed by atoms with E-state index >= 15 is 0 Å². The van der Waals surface area contributed by atoms with Gasteiger partial charge >= 0.3 is 0 Å². The Bertz CT molecular complexity index is 989. The van der Waals surface area contributed by atoms with Gasteiger partial charge in [-0.3, -0.25) is 4.79 Å². The van der Waals surface area contributed by atoms with Gasteiger partial charge < -0.3 is 10.1 Å². The van der Waals surface area contributed by atoms with Crippen molar-refractivity contribution >= 4 is 44.8 Å². The number of carbonyl (C=O) groups is 1. The second-order valence-corrected chi connectivity index (χ2v) is 9.03. The van der Waals surface area contributed by atoms with Crippen LogP contribution < -0.4 is 10.1 Å². The minimum Gasteiger partial charge on any atom is -0.492 e. The highest BCUT2D eigenvalue weighted by molar-refractivity contribution is 7.89. The van der Waals surface area contributed by atoms with E-state index in [1.807, 2.05) is 0 Å². The number of anilines is 1. The van der Waals surface area contributed by atoms with Crippen molar-refractivity contribution in [2.24, 2.45) is 0 Å². The Hall–Kier alpha value is -1.80. The van der Waals surface area contributed by atoms with Crippen LogP contribution in [0.15, 0.2) is 41.3 Å². The van der Waals surface area contributed by atoms with E-state index in [9.17, 15) is 13.2 Å². The summed E-state index contributed by atoms with van der Waals surface area (Å²) < 4.78 is 33.0.